The fourth-order valence-electron chi connectivity index (χ4n) is 3.03. The average molecular weight is 303 g/mol. The Morgan fingerprint density at radius 3 is 2.50 bits per heavy atom. The Balaban J connectivity index is 1.45. The Bertz CT molecular complexity index is 482. The van der Waals surface area contributed by atoms with Crippen LogP contribution in [0.1, 0.15) is 24.5 Å². The van der Waals surface area contributed by atoms with Crippen molar-refractivity contribution in [2.45, 2.75) is 25.0 Å². The van der Waals surface area contributed by atoms with Crippen LogP contribution in [0.4, 0.5) is 4.79 Å². The van der Waals surface area contributed by atoms with Gasteiger partial charge in [0, 0.05) is 45.9 Å². The Morgan fingerprint density at radius 2 is 1.91 bits per heavy atom. The summed E-state index contributed by atoms with van der Waals surface area (Å²) in [6, 6.07) is 10.8. The molecular formula is C17H25N3O2. The number of urea groups is 1. The van der Waals surface area contributed by atoms with E-state index in [1.165, 1.54) is 12.8 Å². The SMILES string of the molecule is COC(CNC(=O)N1CCN(C2CC2)CC1)c1ccccc1. The molecule has 22 heavy (non-hydrogen) atoms. The molecule has 5 nitrogen and oxygen atoms in total. The third-order valence-electron chi connectivity index (χ3n) is 4.56. The number of hydrogen-bond acceptors (Lipinski definition) is 3. The summed E-state index contributed by atoms with van der Waals surface area (Å²) in [5.74, 6) is 0. The van der Waals surface area contributed by atoms with Crippen molar-refractivity contribution in [2.75, 3.05) is 39.8 Å². The van der Waals surface area contributed by atoms with Crippen LogP contribution >= 0.6 is 0 Å². The molecule has 2 fully saturated rings. The first-order valence-corrected chi connectivity index (χ1v) is 8.12. The zero-order chi connectivity index (χ0) is 15.4. The van der Waals surface area contributed by atoms with Gasteiger partial charge in [-0.05, 0) is 18.4 Å². The smallest absolute Gasteiger partial charge is 0.317 e. The third-order valence-corrected chi connectivity index (χ3v) is 4.56. The summed E-state index contributed by atoms with van der Waals surface area (Å²) in [5.41, 5.74) is 1.09. The Kier molecular flexibility index (Phi) is 4.95. The Morgan fingerprint density at radius 1 is 1.23 bits per heavy atom. The van der Waals surface area contributed by atoms with Crippen LogP contribution in [0.3, 0.4) is 0 Å². The highest BCUT2D eigenvalue weighted by atomic mass is 16.5. The molecule has 0 aromatic heterocycles. The number of methoxy groups -OCH3 is 1. The van der Waals surface area contributed by atoms with E-state index in [9.17, 15) is 4.79 Å². The molecule has 1 aromatic carbocycles. The van der Waals surface area contributed by atoms with Crippen molar-refractivity contribution < 1.29 is 9.53 Å². The third kappa shape index (κ3) is 3.78. The Labute approximate surface area is 132 Å². The second kappa shape index (κ2) is 7.11. The van der Waals surface area contributed by atoms with Crippen LogP contribution in [0.2, 0.25) is 0 Å². The van der Waals surface area contributed by atoms with Crippen LogP contribution in [-0.2, 0) is 4.74 Å². The van der Waals surface area contributed by atoms with Gasteiger partial charge in [0.05, 0.1) is 6.10 Å². The van der Waals surface area contributed by atoms with Crippen molar-refractivity contribution in [3.63, 3.8) is 0 Å². The van der Waals surface area contributed by atoms with Crippen LogP contribution in [-0.4, -0.2) is 61.7 Å². The van der Waals surface area contributed by atoms with E-state index in [2.05, 4.69) is 10.2 Å². The molecule has 1 atom stereocenters. The number of piperazine rings is 1. The lowest BCUT2D eigenvalue weighted by molar-refractivity contribution is 0.0971. The fraction of sp³-hybridized carbons (Fsp3) is 0.588. The van der Waals surface area contributed by atoms with E-state index in [1.807, 2.05) is 35.2 Å². The first-order chi connectivity index (χ1) is 10.8. The summed E-state index contributed by atoms with van der Waals surface area (Å²) < 4.78 is 5.49. The zero-order valence-electron chi connectivity index (χ0n) is 13.2. The number of benzene rings is 1. The van der Waals surface area contributed by atoms with E-state index in [-0.39, 0.29) is 12.1 Å². The molecule has 1 aliphatic carbocycles. The number of carbonyl (C=O) groups excluding carboxylic acids is 1. The number of amides is 2. The number of nitrogens with zero attached hydrogens (tertiary/aromatic N) is 2. The summed E-state index contributed by atoms with van der Waals surface area (Å²) in [4.78, 5) is 16.7. The van der Waals surface area contributed by atoms with Crippen molar-refractivity contribution in [3.05, 3.63) is 35.9 Å². The van der Waals surface area contributed by atoms with E-state index in [0.29, 0.717) is 6.54 Å². The van der Waals surface area contributed by atoms with Gasteiger partial charge in [0.25, 0.3) is 0 Å². The second-order valence-electron chi connectivity index (χ2n) is 6.08. The fourth-order valence-corrected chi connectivity index (χ4v) is 3.03. The lowest BCUT2D eigenvalue weighted by atomic mass is 10.1. The van der Waals surface area contributed by atoms with E-state index >= 15 is 0 Å². The summed E-state index contributed by atoms with van der Waals surface area (Å²) in [6.45, 7) is 4.16. The first kappa shape index (κ1) is 15.3. The minimum atomic E-state index is -0.0992. The van der Waals surface area contributed by atoms with Gasteiger partial charge in [-0.2, -0.15) is 0 Å². The molecule has 1 heterocycles. The van der Waals surface area contributed by atoms with E-state index in [1.54, 1.807) is 7.11 Å². The van der Waals surface area contributed by atoms with Crippen molar-refractivity contribution >= 4 is 6.03 Å². The number of carbonyl (C=O) groups is 1. The molecule has 1 saturated heterocycles. The monoisotopic (exact) mass is 303 g/mol. The van der Waals surface area contributed by atoms with Gasteiger partial charge in [-0.15, -0.1) is 0 Å². The lowest BCUT2D eigenvalue weighted by Crippen LogP contribution is -2.52. The number of ether oxygens (including phenoxy) is 1. The van der Waals surface area contributed by atoms with Crippen LogP contribution < -0.4 is 5.32 Å². The zero-order valence-corrected chi connectivity index (χ0v) is 13.2. The average Bonchev–Trinajstić information content (AvgIpc) is 3.41. The van der Waals surface area contributed by atoms with Crippen LogP contribution in [0.5, 0.6) is 0 Å². The van der Waals surface area contributed by atoms with Gasteiger partial charge >= 0.3 is 6.03 Å². The van der Waals surface area contributed by atoms with E-state index in [4.69, 9.17) is 4.74 Å². The molecule has 5 heteroatoms. The molecule has 2 amide bonds. The molecule has 1 aromatic rings. The quantitative estimate of drug-likeness (QED) is 0.903. The van der Waals surface area contributed by atoms with E-state index in [0.717, 1.165) is 37.8 Å². The second-order valence-corrected chi connectivity index (χ2v) is 6.08. The van der Waals surface area contributed by atoms with Gasteiger partial charge in [-0.1, -0.05) is 30.3 Å². The van der Waals surface area contributed by atoms with Crippen molar-refractivity contribution in [3.8, 4) is 0 Å². The highest BCUT2D eigenvalue weighted by Crippen LogP contribution is 2.27. The minimum absolute atomic E-state index is 0.0217. The highest BCUT2D eigenvalue weighted by Gasteiger charge is 2.32. The van der Waals surface area contributed by atoms with Crippen molar-refractivity contribution in [2.24, 2.45) is 0 Å². The largest absolute Gasteiger partial charge is 0.375 e. The van der Waals surface area contributed by atoms with Crippen LogP contribution in [0, 0.1) is 0 Å². The lowest BCUT2D eigenvalue weighted by Gasteiger charge is -2.35. The number of rotatable bonds is 5. The maximum absolute atomic E-state index is 12.3. The molecule has 2 aliphatic rings. The maximum Gasteiger partial charge on any atom is 0.317 e. The topological polar surface area (TPSA) is 44.8 Å². The molecular weight excluding hydrogens is 278 g/mol. The maximum atomic E-state index is 12.3. The summed E-state index contributed by atoms with van der Waals surface area (Å²) in [5, 5.41) is 3.01. The number of nitrogens with one attached hydrogen (secondary N) is 1. The summed E-state index contributed by atoms with van der Waals surface area (Å²) in [7, 11) is 1.68. The molecule has 0 spiro atoms. The molecule has 1 unspecified atom stereocenters. The summed E-state index contributed by atoms with van der Waals surface area (Å²) >= 11 is 0. The molecule has 1 saturated carbocycles. The molecule has 120 valence electrons. The van der Waals surface area contributed by atoms with Crippen LogP contribution in [0.15, 0.2) is 30.3 Å². The molecule has 0 radical (unpaired) electrons. The predicted molar refractivity (Wildman–Crippen MR) is 85.8 cm³/mol. The van der Waals surface area contributed by atoms with Gasteiger partial charge in [-0.25, -0.2) is 4.79 Å². The summed E-state index contributed by atoms with van der Waals surface area (Å²) in [6.07, 6.45) is 2.57. The molecule has 0 bridgehead atoms. The van der Waals surface area contributed by atoms with Gasteiger partial charge in [0.15, 0.2) is 0 Å². The highest BCUT2D eigenvalue weighted by molar-refractivity contribution is 5.74. The van der Waals surface area contributed by atoms with Crippen molar-refractivity contribution in [1.82, 2.24) is 15.1 Å². The van der Waals surface area contributed by atoms with Gasteiger partial charge in [0.1, 0.15) is 0 Å². The van der Waals surface area contributed by atoms with Gasteiger partial charge in [-0.3, -0.25) is 4.90 Å². The molecule has 3 rings (SSSR count). The van der Waals surface area contributed by atoms with Gasteiger partial charge in [0.2, 0.25) is 0 Å². The van der Waals surface area contributed by atoms with Crippen molar-refractivity contribution in [1.29, 1.82) is 0 Å². The molecule has 1 N–H and O–H groups in total. The van der Waals surface area contributed by atoms with Gasteiger partial charge < -0.3 is 15.0 Å². The Hall–Kier alpha value is -1.59. The normalized spacial score (nSPS) is 20.7. The standard InChI is InChI=1S/C17H25N3O2/c1-22-16(14-5-3-2-4-6-14)13-18-17(21)20-11-9-19(10-12-20)15-7-8-15/h2-6,15-16H,7-13H2,1H3,(H,18,21). The first-order valence-electron chi connectivity index (χ1n) is 8.12. The molecule has 1 aliphatic heterocycles. The predicted octanol–water partition coefficient (Wildman–Crippen LogP) is 1.86. The van der Waals surface area contributed by atoms with E-state index < -0.39 is 0 Å². The van der Waals surface area contributed by atoms with Crippen LogP contribution in [0.25, 0.3) is 0 Å². The number of hydrogen-bond donors (Lipinski definition) is 1. The minimum Gasteiger partial charge on any atom is -0.375 e.